The lowest BCUT2D eigenvalue weighted by atomic mass is 10.0. The second kappa shape index (κ2) is 14.0. The van der Waals surface area contributed by atoms with Crippen LogP contribution in [0.5, 0.6) is 0 Å². The second-order valence-electron chi connectivity index (χ2n) is 9.77. The number of amides is 2. The van der Waals surface area contributed by atoms with Gasteiger partial charge < -0.3 is 10.2 Å². The molecular formula is C29H34Cl2N4O4S. The lowest BCUT2D eigenvalue weighted by molar-refractivity contribution is -0.140. The summed E-state index contributed by atoms with van der Waals surface area (Å²) in [5, 5.41) is 3.58. The van der Waals surface area contributed by atoms with Gasteiger partial charge in [0.05, 0.1) is 15.7 Å². The molecule has 11 heteroatoms. The van der Waals surface area contributed by atoms with Crippen molar-refractivity contribution in [2.75, 3.05) is 24.9 Å². The first kappa shape index (κ1) is 31.4. The van der Waals surface area contributed by atoms with E-state index in [4.69, 9.17) is 23.2 Å². The monoisotopic (exact) mass is 604 g/mol. The first-order chi connectivity index (χ1) is 18.9. The molecule has 0 aromatic heterocycles. The molecule has 3 aromatic rings. The average molecular weight is 606 g/mol. The van der Waals surface area contributed by atoms with Crippen LogP contribution in [0.15, 0.2) is 78.9 Å². The molecule has 40 heavy (non-hydrogen) atoms. The van der Waals surface area contributed by atoms with Crippen molar-refractivity contribution in [3.8, 4) is 0 Å². The highest BCUT2D eigenvalue weighted by Crippen LogP contribution is 2.25. The largest absolute Gasteiger partial charge is 0.352 e. The number of carbonyl (C=O) groups is 2. The Labute approximate surface area is 246 Å². The maximum atomic E-state index is 14.1. The van der Waals surface area contributed by atoms with Crippen molar-refractivity contribution in [1.82, 2.24) is 14.5 Å². The number of carbonyl (C=O) groups excluding carboxylic acids is 2. The summed E-state index contributed by atoms with van der Waals surface area (Å²) < 4.78 is 28.8. The minimum Gasteiger partial charge on any atom is -0.352 e. The Kier molecular flexibility index (Phi) is 11.0. The van der Waals surface area contributed by atoms with Crippen LogP contribution in [0.25, 0.3) is 0 Å². The summed E-state index contributed by atoms with van der Waals surface area (Å²) in [5.74, 6) is -0.908. The lowest BCUT2D eigenvalue weighted by Gasteiger charge is -2.34. The van der Waals surface area contributed by atoms with E-state index in [-0.39, 0.29) is 24.9 Å². The fraction of sp³-hybridized carbons (Fsp3) is 0.310. The van der Waals surface area contributed by atoms with Gasteiger partial charge >= 0.3 is 10.2 Å². The van der Waals surface area contributed by atoms with Crippen LogP contribution in [0.3, 0.4) is 0 Å². The average Bonchev–Trinajstić information content (AvgIpc) is 2.91. The highest BCUT2D eigenvalue weighted by atomic mass is 35.5. The summed E-state index contributed by atoms with van der Waals surface area (Å²) in [6, 6.07) is 21.6. The molecular weight excluding hydrogens is 571 g/mol. The molecule has 0 heterocycles. The smallest absolute Gasteiger partial charge is 0.304 e. The van der Waals surface area contributed by atoms with Crippen LogP contribution in [0.2, 0.25) is 10.0 Å². The van der Waals surface area contributed by atoms with Crippen LogP contribution < -0.4 is 9.62 Å². The highest BCUT2D eigenvalue weighted by Gasteiger charge is 2.34. The Morgan fingerprint density at radius 1 is 0.850 bits per heavy atom. The number of anilines is 1. The SMILES string of the molecule is CC(C)NC(=O)C(Cc1ccccc1)N(Cc1ccc(Cl)c(Cl)c1)C(=O)CN(c1ccccc1)S(=O)(=O)N(C)C. The molecule has 0 saturated carbocycles. The summed E-state index contributed by atoms with van der Waals surface area (Å²) >= 11 is 12.4. The summed E-state index contributed by atoms with van der Waals surface area (Å²) in [6.45, 7) is 3.16. The fourth-order valence-electron chi connectivity index (χ4n) is 4.08. The van der Waals surface area contributed by atoms with Gasteiger partial charge in [0.25, 0.3) is 0 Å². The zero-order valence-electron chi connectivity index (χ0n) is 22.9. The molecule has 8 nitrogen and oxygen atoms in total. The van der Waals surface area contributed by atoms with Crippen molar-refractivity contribution in [3.63, 3.8) is 0 Å². The Morgan fingerprint density at radius 2 is 1.45 bits per heavy atom. The Hall–Kier alpha value is -3.11. The second-order valence-corrected chi connectivity index (χ2v) is 12.7. The number of nitrogens with zero attached hydrogens (tertiary/aromatic N) is 3. The summed E-state index contributed by atoms with van der Waals surface area (Å²) in [6.07, 6.45) is 0.220. The molecule has 3 rings (SSSR count). The van der Waals surface area contributed by atoms with E-state index in [9.17, 15) is 18.0 Å². The van der Waals surface area contributed by atoms with Gasteiger partial charge in [0, 0.05) is 33.1 Å². The molecule has 0 radical (unpaired) electrons. The molecule has 1 unspecified atom stereocenters. The normalized spacial score (nSPS) is 12.3. The number of halogens is 2. The number of hydrogen-bond donors (Lipinski definition) is 1. The number of para-hydroxylation sites is 1. The maximum absolute atomic E-state index is 14.1. The van der Waals surface area contributed by atoms with Gasteiger partial charge in [-0.3, -0.25) is 9.59 Å². The van der Waals surface area contributed by atoms with E-state index in [0.717, 1.165) is 14.2 Å². The predicted molar refractivity (Wildman–Crippen MR) is 161 cm³/mol. The Morgan fingerprint density at radius 3 is 2.00 bits per heavy atom. The Balaban J connectivity index is 2.09. The topological polar surface area (TPSA) is 90.0 Å². The van der Waals surface area contributed by atoms with Crippen molar-refractivity contribution in [3.05, 3.63) is 100 Å². The van der Waals surface area contributed by atoms with Gasteiger partial charge in [-0.1, -0.05) is 77.8 Å². The van der Waals surface area contributed by atoms with Crippen LogP contribution in [0, 0.1) is 0 Å². The minimum absolute atomic E-state index is 0.00335. The zero-order chi connectivity index (χ0) is 29.4. The van der Waals surface area contributed by atoms with Crippen molar-refractivity contribution in [2.24, 2.45) is 0 Å². The van der Waals surface area contributed by atoms with Gasteiger partial charge in [-0.05, 0) is 49.2 Å². The van der Waals surface area contributed by atoms with Crippen molar-refractivity contribution in [2.45, 2.75) is 38.9 Å². The molecule has 0 fully saturated rings. The summed E-state index contributed by atoms with van der Waals surface area (Å²) in [4.78, 5) is 29.1. The first-order valence-electron chi connectivity index (χ1n) is 12.7. The van der Waals surface area contributed by atoms with Gasteiger partial charge in [-0.25, -0.2) is 4.31 Å². The van der Waals surface area contributed by atoms with Crippen molar-refractivity contribution in [1.29, 1.82) is 0 Å². The molecule has 1 N–H and O–H groups in total. The highest BCUT2D eigenvalue weighted by molar-refractivity contribution is 7.90. The van der Waals surface area contributed by atoms with E-state index in [0.29, 0.717) is 21.3 Å². The molecule has 0 aliphatic heterocycles. The van der Waals surface area contributed by atoms with E-state index in [1.54, 1.807) is 48.5 Å². The van der Waals surface area contributed by atoms with Gasteiger partial charge in [-0.15, -0.1) is 0 Å². The van der Waals surface area contributed by atoms with E-state index in [1.807, 2.05) is 44.2 Å². The van der Waals surface area contributed by atoms with Crippen molar-refractivity contribution >= 4 is 50.9 Å². The molecule has 2 amide bonds. The molecule has 0 saturated heterocycles. The van der Waals surface area contributed by atoms with Crippen LogP contribution in [-0.2, 0) is 32.8 Å². The minimum atomic E-state index is -4.05. The number of hydrogen-bond acceptors (Lipinski definition) is 4. The Bertz CT molecular complexity index is 1400. The molecule has 0 spiro atoms. The van der Waals surface area contributed by atoms with E-state index in [2.05, 4.69) is 5.32 Å². The van der Waals surface area contributed by atoms with Gasteiger partial charge in [0.15, 0.2) is 0 Å². The van der Waals surface area contributed by atoms with E-state index in [1.165, 1.54) is 19.0 Å². The first-order valence-corrected chi connectivity index (χ1v) is 14.9. The quantitative estimate of drug-likeness (QED) is 0.322. The lowest BCUT2D eigenvalue weighted by Crippen LogP contribution is -2.55. The molecule has 0 aliphatic carbocycles. The number of rotatable bonds is 12. The zero-order valence-corrected chi connectivity index (χ0v) is 25.2. The van der Waals surface area contributed by atoms with Crippen molar-refractivity contribution < 1.29 is 18.0 Å². The molecule has 3 aromatic carbocycles. The standard InChI is InChI=1S/C29H34Cl2N4O4S/c1-21(2)32-29(37)27(18-22-11-7-5-8-12-22)34(19-23-15-16-25(30)26(31)17-23)28(36)20-35(40(38,39)33(3)4)24-13-9-6-10-14-24/h5-17,21,27H,18-20H2,1-4H3,(H,32,37). The third-order valence-corrected chi connectivity index (χ3v) is 8.66. The van der Waals surface area contributed by atoms with Gasteiger partial charge in [0.2, 0.25) is 11.8 Å². The van der Waals surface area contributed by atoms with Crippen LogP contribution in [-0.4, -0.2) is 62.2 Å². The van der Waals surface area contributed by atoms with Gasteiger partial charge in [-0.2, -0.15) is 12.7 Å². The number of benzene rings is 3. The molecule has 214 valence electrons. The molecule has 0 aliphatic rings. The molecule has 1 atom stereocenters. The van der Waals surface area contributed by atoms with E-state index < -0.39 is 28.7 Å². The van der Waals surface area contributed by atoms with Crippen LogP contribution in [0.1, 0.15) is 25.0 Å². The summed E-state index contributed by atoms with van der Waals surface area (Å²) in [7, 11) is -1.25. The van der Waals surface area contributed by atoms with Gasteiger partial charge in [0.1, 0.15) is 12.6 Å². The van der Waals surface area contributed by atoms with Crippen LogP contribution in [0.4, 0.5) is 5.69 Å². The van der Waals surface area contributed by atoms with Crippen LogP contribution >= 0.6 is 23.2 Å². The fourth-order valence-corrected chi connectivity index (χ4v) is 5.46. The third kappa shape index (κ3) is 8.20. The van der Waals surface area contributed by atoms with E-state index >= 15 is 0 Å². The predicted octanol–water partition coefficient (Wildman–Crippen LogP) is 4.77. The third-order valence-electron chi connectivity index (χ3n) is 6.10. The number of nitrogens with one attached hydrogen (secondary N) is 1. The maximum Gasteiger partial charge on any atom is 0.304 e. The molecule has 0 bridgehead atoms. The summed E-state index contributed by atoms with van der Waals surface area (Å²) in [5.41, 5.74) is 1.81.